The summed E-state index contributed by atoms with van der Waals surface area (Å²) in [5.74, 6) is 0.295. The molecule has 0 heterocycles. The third kappa shape index (κ3) is 5.87. The second-order valence-electron chi connectivity index (χ2n) is 5.38. The first kappa shape index (κ1) is 16.2. The van der Waals surface area contributed by atoms with Crippen LogP contribution in [0.5, 0.6) is 0 Å². The Kier molecular flexibility index (Phi) is 6.77. The Labute approximate surface area is 121 Å². The number of carbonyl (C=O) groups is 2. The second kappa shape index (κ2) is 8.35. The maximum atomic E-state index is 11.9. The lowest BCUT2D eigenvalue weighted by Gasteiger charge is -2.09. The minimum atomic E-state index is -0.208. The monoisotopic (exact) mass is 276 g/mol. The predicted molar refractivity (Wildman–Crippen MR) is 80.6 cm³/mol. The predicted octanol–water partition coefficient (Wildman–Crippen LogP) is 2.28. The number of benzene rings is 1. The lowest BCUT2D eigenvalue weighted by molar-refractivity contribution is -0.120. The van der Waals surface area contributed by atoms with Crippen molar-refractivity contribution >= 4 is 11.8 Å². The van der Waals surface area contributed by atoms with E-state index in [0.717, 1.165) is 18.4 Å². The molecule has 1 aromatic rings. The third-order valence-corrected chi connectivity index (χ3v) is 3.08. The number of hydrogen-bond acceptors (Lipinski definition) is 2. The van der Waals surface area contributed by atoms with Gasteiger partial charge in [0.1, 0.15) is 0 Å². The first-order valence-corrected chi connectivity index (χ1v) is 7.11. The molecule has 2 N–H and O–H groups in total. The Morgan fingerprint density at radius 1 is 1.15 bits per heavy atom. The summed E-state index contributed by atoms with van der Waals surface area (Å²) in [6.45, 7) is 6.88. The summed E-state index contributed by atoms with van der Waals surface area (Å²) in [6.07, 6.45) is 2.06. The van der Waals surface area contributed by atoms with Crippen LogP contribution >= 0.6 is 0 Å². The average Bonchev–Trinajstić information content (AvgIpc) is 2.41. The van der Waals surface area contributed by atoms with Crippen LogP contribution in [-0.2, 0) is 4.79 Å². The van der Waals surface area contributed by atoms with Gasteiger partial charge in [0, 0.05) is 12.1 Å². The molecule has 0 saturated heterocycles. The van der Waals surface area contributed by atoms with E-state index < -0.39 is 0 Å². The molecule has 110 valence electrons. The first-order valence-electron chi connectivity index (χ1n) is 7.11. The van der Waals surface area contributed by atoms with Crippen molar-refractivity contribution in [3.05, 3.63) is 35.4 Å². The molecule has 0 spiro atoms. The summed E-state index contributed by atoms with van der Waals surface area (Å²) < 4.78 is 0. The van der Waals surface area contributed by atoms with Crippen LogP contribution in [0.1, 0.15) is 42.6 Å². The summed E-state index contributed by atoms with van der Waals surface area (Å²) in [5.41, 5.74) is 1.52. The SMILES string of the molecule is Cc1ccccc1C(=O)NCC(=O)NCCCC(C)C. The Balaban J connectivity index is 2.27. The number of aryl methyl sites for hydroxylation is 1. The van der Waals surface area contributed by atoms with Gasteiger partial charge in [-0.05, 0) is 37.3 Å². The van der Waals surface area contributed by atoms with Gasteiger partial charge in [-0.25, -0.2) is 0 Å². The van der Waals surface area contributed by atoms with Crippen LogP contribution in [0.15, 0.2) is 24.3 Å². The van der Waals surface area contributed by atoms with E-state index in [1.807, 2.05) is 25.1 Å². The van der Waals surface area contributed by atoms with Gasteiger partial charge in [-0.3, -0.25) is 9.59 Å². The van der Waals surface area contributed by atoms with Gasteiger partial charge in [0.05, 0.1) is 6.54 Å². The van der Waals surface area contributed by atoms with E-state index in [1.165, 1.54) is 0 Å². The van der Waals surface area contributed by atoms with Crippen molar-refractivity contribution in [1.82, 2.24) is 10.6 Å². The molecule has 0 saturated carbocycles. The van der Waals surface area contributed by atoms with Crippen molar-refractivity contribution in [3.63, 3.8) is 0 Å². The van der Waals surface area contributed by atoms with Crippen molar-refractivity contribution in [2.24, 2.45) is 5.92 Å². The molecule has 2 amide bonds. The van der Waals surface area contributed by atoms with Gasteiger partial charge in [0.2, 0.25) is 5.91 Å². The molecule has 0 atom stereocenters. The summed E-state index contributed by atoms with van der Waals surface area (Å²) in [7, 11) is 0. The number of rotatable bonds is 7. The molecule has 4 nitrogen and oxygen atoms in total. The standard InChI is InChI=1S/C16H24N2O2/c1-12(2)7-6-10-17-15(19)11-18-16(20)14-9-5-4-8-13(14)3/h4-5,8-9,12H,6-7,10-11H2,1-3H3,(H,17,19)(H,18,20). The van der Waals surface area contributed by atoms with E-state index in [4.69, 9.17) is 0 Å². The minimum Gasteiger partial charge on any atom is -0.355 e. The average molecular weight is 276 g/mol. The molecule has 0 radical (unpaired) electrons. The zero-order valence-electron chi connectivity index (χ0n) is 12.5. The van der Waals surface area contributed by atoms with Crippen molar-refractivity contribution in [1.29, 1.82) is 0 Å². The zero-order chi connectivity index (χ0) is 15.0. The fraction of sp³-hybridized carbons (Fsp3) is 0.500. The zero-order valence-corrected chi connectivity index (χ0v) is 12.5. The van der Waals surface area contributed by atoms with Gasteiger partial charge in [0.15, 0.2) is 0 Å². The Morgan fingerprint density at radius 2 is 1.85 bits per heavy atom. The van der Waals surface area contributed by atoms with Crippen LogP contribution in [0.25, 0.3) is 0 Å². The molecule has 0 fully saturated rings. The first-order chi connectivity index (χ1) is 9.50. The van der Waals surface area contributed by atoms with Gasteiger partial charge in [-0.2, -0.15) is 0 Å². The maximum absolute atomic E-state index is 11.9. The topological polar surface area (TPSA) is 58.2 Å². The normalized spacial score (nSPS) is 10.4. The smallest absolute Gasteiger partial charge is 0.251 e. The minimum absolute atomic E-state index is 0.0227. The van der Waals surface area contributed by atoms with Gasteiger partial charge >= 0.3 is 0 Å². The molecule has 1 aromatic carbocycles. The molecular formula is C16H24N2O2. The van der Waals surface area contributed by atoms with Gasteiger partial charge < -0.3 is 10.6 Å². The molecular weight excluding hydrogens is 252 g/mol. The number of nitrogens with one attached hydrogen (secondary N) is 2. The van der Waals surface area contributed by atoms with Crippen molar-refractivity contribution in [2.75, 3.05) is 13.1 Å². The molecule has 20 heavy (non-hydrogen) atoms. The van der Waals surface area contributed by atoms with Crippen molar-refractivity contribution in [3.8, 4) is 0 Å². The van der Waals surface area contributed by atoms with Gasteiger partial charge in [0.25, 0.3) is 5.91 Å². The van der Waals surface area contributed by atoms with Crippen LogP contribution in [0.4, 0.5) is 0 Å². The van der Waals surface area contributed by atoms with Crippen LogP contribution in [0.3, 0.4) is 0 Å². The maximum Gasteiger partial charge on any atom is 0.251 e. The molecule has 0 bridgehead atoms. The quantitative estimate of drug-likeness (QED) is 0.751. The summed E-state index contributed by atoms with van der Waals surface area (Å²) >= 11 is 0. The second-order valence-corrected chi connectivity index (χ2v) is 5.38. The third-order valence-electron chi connectivity index (χ3n) is 3.08. The van der Waals surface area contributed by atoms with Crippen LogP contribution in [0, 0.1) is 12.8 Å². The van der Waals surface area contributed by atoms with Crippen molar-refractivity contribution in [2.45, 2.75) is 33.6 Å². The van der Waals surface area contributed by atoms with Crippen molar-refractivity contribution < 1.29 is 9.59 Å². The molecule has 0 aliphatic rings. The highest BCUT2D eigenvalue weighted by Gasteiger charge is 2.09. The Bertz CT molecular complexity index is 456. The van der Waals surface area contributed by atoms with E-state index >= 15 is 0 Å². The molecule has 1 rings (SSSR count). The summed E-state index contributed by atoms with van der Waals surface area (Å²) in [4.78, 5) is 23.5. The van der Waals surface area contributed by atoms with Gasteiger partial charge in [-0.1, -0.05) is 32.0 Å². The summed E-state index contributed by atoms with van der Waals surface area (Å²) in [6, 6.07) is 7.33. The number of carbonyl (C=O) groups excluding carboxylic acids is 2. The lowest BCUT2D eigenvalue weighted by atomic mass is 10.1. The Hall–Kier alpha value is -1.84. The highest BCUT2D eigenvalue weighted by atomic mass is 16.2. The van der Waals surface area contributed by atoms with Crippen LogP contribution in [0.2, 0.25) is 0 Å². The lowest BCUT2D eigenvalue weighted by Crippen LogP contribution is -2.37. The highest BCUT2D eigenvalue weighted by Crippen LogP contribution is 2.06. The van der Waals surface area contributed by atoms with E-state index in [2.05, 4.69) is 24.5 Å². The molecule has 0 aliphatic heterocycles. The molecule has 0 aliphatic carbocycles. The fourth-order valence-electron chi connectivity index (χ4n) is 1.88. The highest BCUT2D eigenvalue weighted by molar-refractivity contribution is 5.97. The van der Waals surface area contributed by atoms with Gasteiger partial charge in [-0.15, -0.1) is 0 Å². The largest absolute Gasteiger partial charge is 0.355 e. The van der Waals surface area contributed by atoms with E-state index in [0.29, 0.717) is 18.0 Å². The number of hydrogen-bond donors (Lipinski definition) is 2. The van der Waals surface area contributed by atoms with E-state index in [9.17, 15) is 9.59 Å². The Morgan fingerprint density at radius 3 is 2.50 bits per heavy atom. The van der Waals surface area contributed by atoms with E-state index in [1.54, 1.807) is 6.07 Å². The fourth-order valence-corrected chi connectivity index (χ4v) is 1.88. The van der Waals surface area contributed by atoms with E-state index in [-0.39, 0.29) is 18.4 Å². The van der Waals surface area contributed by atoms with Crippen LogP contribution < -0.4 is 10.6 Å². The number of amides is 2. The van der Waals surface area contributed by atoms with Crippen LogP contribution in [-0.4, -0.2) is 24.9 Å². The molecule has 4 heteroatoms. The molecule has 0 unspecified atom stereocenters. The molecule has 0 aromatic heterocycles. The summed E-state index contributed by atoms with van der Waals surface area (Å²) in [5, 5.41) is 5.44.